The van der Waals surface area contributed by atoms with E-state index in [-0.39, 0.29) is 12.6 Å². The van der Waals surface area contributed by atoms with Crippen LogP contribution in [-0.4, -0.2) is 38.0 Å². The van der Waals surface area contributed by atoms with Crippen molar-refractivity contribution in [3.8, 4) is 0 Å². The number of nitrogens with zero attached hydrogens (tertiary/aromatic N) is 3. The normalized spacial score (nSPS) is 28.3. The predicted molar refractivity (Wildman–Crippen MR) is 68.2 cm³/mol. The quantitative estimate of drug-likeness (QED) is 0.885. The first-order chi connectivity index (χ1) is 8.38. The van der Waals surface area contributed by atoms with E-state index in [0.717, 1.165) is 43.3 Å². The van der Waals surface area contributed by atoms with Gasteiger partial charge in [-0.2, -0.15) is 11.8 Å². The Kier molecular flexibility index (Phi) is 3.38. The van der Waals surface area contributed by atoms with E-state index in [2.05, 4.69) is 14.8 Å². The van der Waals surface area contributed by atoms with E-state index in [9.17, 15) is 5.11 Å². The van der Waals surface area contributed by atoms with Gasteiger partial charge in [0.1, 0.15) is 11.6 Å². The largest absolute Gasteiger partial charge is 0.394 e. The zero-order chi connectivity index (χ0) is 11.7. The molecule has 0 spiro atoms. The summed E-state index contributed by atoms with van der Waals surface area (Å²) in [6.45, 7) is 0.220. The summed E-state index contributed by atoms with van der Waals surface area (Å²) in [6.07, 6.45) is 5.55. The molecule has 1 saturated heterocycles. The molecule has 3 heterocycles. The fourth-order valence-electron chi connectivity index (χ4n) is 2.89. The van der Waals surface area contributed by atoms with Crippen molar-refractivity contribution < 1.29 is 5.11 Å². The van der Waals surface area contributed by atoms with E-state index in [0.29, 0.717) is 0 Å². The summed E-state index contributed by atoms with van der Waals surface area (Å²) >= 11 is 2.04. The minimum atomic E-state index is 0.220. The Bertz CT molecular complexity index is 387. The summed E-state index contributed by atoms with van der Waals surface area (Å²) in [4.78, 5) is 0. The third-order valence-electron chi connectivity index (χ3n) is 3.85. The number of aryl methyl sites for hydroxylation is 1. The lowest BCUT2D eigenvalue weighted by atomic mass is 10.0. The van der Waals surface area contributed by atoms with E-state index in [4.69, 9.17) is 0 Å². The average Bonchev–Trinajstić information content (AvgIpc) is 2.99. The fraction of sp³-hybridized carbons (Fsp3) is 0.833. The molecule has 4 nitrogen and oxygen atoms in total. The maximum atomic E-state index is 9.46. The van der Waals surface area contributed by atoms with Crippen LogP contribution in [0.1, 0.15) is 37.0 Å². The molecule has 2 unspecified atom stereocenters. The molecule has 0 saturated carbocycles. The van der Waals surface area contributed by atoms with Crippen molar-refractivity contribution in [2.24, 2.45) is 5.92 Å². The molecule has 17 heavy (non-hydrogen) atoms. The Labute approximate surface area is 106 Å². The number of hydrogen-bond acceptors (Lipinski definition) is 4. The smallest absolute Gasteiger partial charge is 0.133 e. The Morgan fingerprint density at radius 3 is 3.06 bits per heavy atom. The summed E-state index contributed by atoms with van der Waals surface area (Å²) in [5.41, 5.74) is 0. The van der Waals surface area contributed by atoms with Gasteiger partial charge < -0.3 is 9.67 Å². The van der Waals surface area contributed by atoms with E-state index >= 15 is 0 Å². The van der Waals surface area contributed by atoms with Crippen LogP contribution in [0.5, 0.6) is 0 Å². The highest BCUT2D eigenvalue weighted by molar-refractivity contribution is 7.99. The first-order valence-corrected chi connectivity index (χ1v) is 7.65. The van der Waals surface area contributed by atoms with Crippen LogP contribution in [0.2, 0.25) is 0 Å². The van der Waals surface area contributed by atoms with Crippen molar-refractivity contribution in [1.82, 2.24) is 14.8 Å². The Balaban J connectivity index is 1.82. The number of aliphatic hydroxyl groups excluding tert-OH is 1. The van der Waals surface area contributed by atoms with Crippen LogP contribution < -0.4 is 0 Å². The van der Waals surface area contributed by atoms with Crippen molar-refractivity contribution in [3.63, 3.8) is 0 Å². The molecule has 94 valence electrons. The van der Waals surface area contributed by atoms with Crippen LogP contribution in [0.25, 0.3) is 0 Å². The Morgan fingerprint density at radius 2 is 2.29 bits per heavy atom. The van der Waals surface area contributed by atoms with Crippen molar-refractivity contribution >= 4 is 11.8 Å². The third-order valence-corrected chi connectivity index (χ3v) is 5.08. The van der Waals surface area contributed by atoms with Gasteiger partial charge in [0.05, 0.1) is 12.6 Å². The predicted octanol–water partition coefficient (Wildman–Crippen LogP) is 1.44. The van der Waals surface area contributed by atoms with Crippen LogP contribution in [0.15, 0.2) is 0 Å². The number of aliphatic hydroxyl groups is 1. The monoisotopic (exact) mass is 253 g/mol. The standard InChI is InChI=1S/C12H19N3OS/c16-7-10-2-1-3-11-13-14-12(15(10)11)6-9-4-5-17-8-9/h9-10,16H,1-8H2. The molecule has 0 bridgehead atoms. The maximum Gasteiger partial charge on any atom is 0.133 e. The maximum absolute atomic E-state index is 9.46. The lowest BCUT2D eigenvalue weighted by Crippen LogP contribution is -2.23. The van der Waals surface area contributed by atoms with Crippen LogP contribution in [0.3, 0.4) is 0 Å². The fourth-order valence-corrected chi connectivity index (χ4v) is 4.18. The highest BCUT2D eigenvalue weighted by Crippen LogP contribution is 2.29. The van der Waals surface area contributed by atoms with Crippen molar-refractivity contribution in [2.75, 3.05) is 18.1 Å². The van der Waals surface area contributed by atoms with Gasteiger partial charge in [-0.1, -0.05) is 0 Å². The molecular weight excluding hydrogens is 234 g/mol. The van der Waals surface area contributed by atoms with Gasteiger partial charge in [-0.25, -0.2) is 0 Å². The molecule has 0 radical (unpaired) electrons. The van der Waals surface area contributed by atoms with Crippen molar-refractivity contribution in [1.29, 1.82) is 0 Å². The van der Waals surface area contributed by atoms with Gasteiger partial charge in [0.25, 0.3) is 0 Å². The van der Waals surface area contributed by atoms with E-state index < -0.39 is 0 Å². The second-order valence-electron chi connectivity index (χ2n) is 5.06. The summed E-state index contributed by atoms with van der Waals surface area (Å²) in [5, 5.41) is 18.1. The number of aromatic nitrogens is 3. The van der Waals surface area contributed by atoms with Crippen LogP contribution in [0, 0.1) is 5.92 Å². The van der Waals surface area contributed by atoms with Gasteiger partial charge in [-0.3, -0.25) is 0 Å². The highest BCUT2D eigenvalue weighted by Gasteiger charge is 2.26. The second kappa shape index (κ2) is 4.98. The lowest BCUT2D eigenvalue weighted by molar-refractivity contribution is 0.202. The molecule has 3 rings (SSSR count). The Hall–Kier alpha value is -0.550. The first kappa shape index (κ1) is 11.5. The van der Waals surface area contributed by atoms with E-state index in [1.165, 1.54) is 17.9 Å². The molecule has 1 N–H and O–H groups in total. The van der Waals surface area contributed by atoms with Crippen LogP contribution in [-0.2, 0) is 12.8 Å². The molecule has 0 aromatic carbocycles. The molecule has 1 aromatic heterocycles. The number of hydrogen-bond donors (Lipinski definition) is 1. The van der Waals surface area contributed by atoms with E-state index in [1.807, 2.05) is 11.8 Å². The first-order valence-electron chi connectivity index (χ1n) is 6.49. The SMILES string of the molecule is OCC1CCCc2nnc(CC3CCSC3)n21. The number of rotatable bonds is 3. The van der Waals surface area contributed by atoms with Crippen LogP contribution in [0.4, 0.5) is 0 Å². The molecule has 2 atom stereocenters. The molecular formula is C12H19N3OS. The number of fused-ring (bicyclic) bond motifs is 1. The third kappa shape index (κ3) is 2.22. The minimum Gasteiger partial charge on any atom is -0.394 e. The average molecular weight is 253 g/mol. The summed E-state index contributed by atoms with van der Waals surface area (Å²) in [6, 6.07) is 0.220. The van der Waals surface area contributed by atoms with Gasteiger partial charge in [0.15, 0.2) is 0 Å². The molecule has 2 aliphatic heterocycles. The van der Waals surface area contributed by atoms with Gasteiger partial charge in [0, 0.05) is 12.8 Å². The molecule has 1 aromatic rings. The second-order valence-corrected chi connectivity index (χ2v) is 6.21. The van der Waals surface area contributed by atoms with E-state index in [1.54, 1.807) is 0 Å². The minimum absolute atomic E-state index is 0.220. The van der Waals surface area contributed by atoms with Crippen LogP contribution >= 0.6 is 11.8 Å². The van der Waals surface area contributed by atoms with Gasteiger partial charge in [-0.15, -0.1) is 10.2 Å². The zero-order valence-corrected chi connectivity index (χ0v) is 10.8. The zero-order valence-electron chi connectivity index (χ0n) is 10.0. The summed E-state index contributed by atoms with van der Waals surface area (Å²) < 4.78 is 2.21. The molecule has 0 amide bonds. The van der Waals surface area contributed by atoms with Crippen molar-refractivity contribution in [2.45, 2.75) is 38.1 Å². The molecule has 5 heteroatoms. The van der Waals surface area contributed by atoms with Gasteiger partial charge in [-0.05, 0) is 36.7 Å². The highest BCUT2D eigenvalue weighted by atomic mass is 32.2. The molecule has 2 aliphatic rings. The van der Waals surface area contributed by atoms with Gasteiger partial charge >= 0.3 is 0 Å². The van der Waals surface area contributed by atoms with Crippen molar-refractivity contribution in [3.05, 3.63) is 11.6 Å². The Morgan fingerprint density at radius 1 is 1.35 bits per heavy atom. The molecule has 1 fully saturated rings. The summed E-state index contributed by atoms with van der Waals surface area (Å²) in [5.74, 6) is 5.48. The number of thioether (sulfide) groups is 1. The lowest BCUT2D eigenvalue weighted by Gasteiger charge is -2.24. The summed E-state index contributed by atoms with van der Waals surface area (Å²) in [7, 11) is 0. The molecule has 0 aliphatic carbocycles. The topological polar surface area (TPSA) is 50.9 Å². The van der Waals surface area contributed by atoms with Gasteiger partial charge in [0.2, 0.25) is 0 Å².